The van der Waals surface area contributed by atoms with Gasteiger partial charge >= 0.3 is 16.3 Å². The molecule has 0 aliphatic carbocycles. The number of aliphatic hydroxyl groups is 1. The van der Waals surface area contributed by atoms with Gasteiger partial charge in [-0.25, -0.2) is 9.52 Å². The van der Waals surface area contributed by atoms with Gasteiger partial charge in [0.15, 0.2) is 0 Å². The fraction of sp³-hybridized carbons (Fsp3) is 0.900. The van der Waals surface area contributed by atoms with E-state index >= 15 is 0 Å². The Hall–Kier alpha value is -0.860. The van der Waals surface area contributed by atoms with Crippen molar-refractivity contribution in [3.63, 3.8) is 0 Å². The number of hydrogen-bond acceptors (Lipinski definition) is 5. The predicted molar refractivity (Wildman–Crippen MR) is 67.2 cm³/mol. The monoisotopic (exact) mass is 282 g/mol. The van der Waals surface area contributed by atoms with Crippen molar-refractivity contribution >= 4 is 16.3 Å². The predicted octanol–water partition coefficient (Wildman–Crippen LogP) is 0.506. The molecule has 7 nitrogen and oxygen atoms in total. The van der Waals surface area contributed by atoms with Crippen LogP contribution < -0.4 is 9.44 Å². The average Bonchev–Trinajstić information content (AvgIpc) is 2.07. The van der Waals surface area contributed by atoms with E-state index in [1.54, 1.807) is 32.4 Å². The molecule has 0 aromatic rings. The van der Waals surface area contributed by atoms with Crippen LogP contribution in [0.5, 0.6) is 0 Å². The molecule has 108 valence electrons. The highest BCUT2D eigenvalue weighted by Gasteiger charge is 2.20. The Morgan fingerprint density at radius 3 is 2.39 bits per heavy atom. The van der Waals surface area contributed by atoms with Crippen LogP contribution in [0.1, 0.15) is 40.5 Å². The van der Waals surface area contributed by atoms with Crippen molar-refractivity contribution in [3.8, 4) is 0 Å². The molecule has 0 aromatic heterocycles. The van der Waals surface area contributed by atoms with E-state index in [1.807, 2.05) is 0 Å². The van der Waals surface area contributed by atoms with E-state index in [4.69, 9.17) is 9.84 Å². The van der Waals surface area contributed by atoms with Crippen molar-refractivity contribution < 1.29 is 23.1 Å². The fourth-order valence-electron chi connectivity index (χ4n) is 1.05. The lowest BCUT2D eigenvalue weighted by atomic mass is 10.2. The first-order valence-corrected chi connectivity index (χ1v) is 7.18. The van der Waals surface area contributed by atoms with Gasteiger partial charge in [0.05, 0.1) is 6.10 Å². The van der Waals surface area contributed by atoms with Crippen LogP contribution in [0, 0.1) is 0 Å². The molecule has 18 heavy (non-hydrogen) atoms. The Labute approximate surface area is 108 Å². The minimum atomic E-state index is -3.91. The lowest BCUT2D eigenvalue weighted by molar-refractivity contribution is 0.0569. The molecule has 0 radical (unpaired) electrons. The summed E-state index contributed by atoms with van der Waals surface area (Å²) in [4.78, 5) is 11.2. The van der Waals surface area contributed by atoms with Gasteiger partial charge in [0.25, 0.3) is 0 Å². The van der Waals surface area contributed by atoms with Gasteiger partial charge in [-0.05, 0) is 40.5 Å². The molecule has 0 heterocycles. The van der Waals surface area contributed by atoms with Gasteiger partial charge in [0.2, 0.25) is 0 Å². The van der Waals surface area contributed by atoms with E-state index in [2.05, 4.69) is 4.72 Å². The number of rotatable bonds is 6. The Morgan fingerprint density at radius 1 is 1.39 bits per heavy atom. The smallest absolute Gasteiger partial charge is 0.422 e. The largest absolute Gasteiger partial charge is 0.443 e. The third-order valence-corrected chi connectivity index (χ3v) is 2.73. The zero-order valence-electron chi connectivity index (χ0n) is 11.2. The first-order valence-electron chi connectivity index (χ1n) is 5.70. The van der Waals surface area contributed by atoms with Crippen LogP contribution in [0.15, 0.2) is 0 Å². The number of ether oxygens (including phenoxy) is 1. The van der Waals surface area contributed by atoms with E-state index in [-0.39, 0.29) is 6.54 Å². The maximum absolute atomic E-state index is 11.4. The maximum Gasteiger partial charge on any atom is 0.422 e. The molecule has 1 amide bonds. The standard InChI is InChI=1S/C10H22N2O5S/c1-8(13)6-5-7-11-18(15,16)12-9(14)17-10(2,3)4/h8,11,13H,5-7H2,1-4H3,(H,12,14)/t8-/m0/s1. The molecule has 0 spiro atoms. The summed E-state index contributed by atoms with van der Waals surface area (Å²) in [5.74, 6) is 0. The summed E-state index contributed by atoms with van der Waals surface area (Å²) >= 11 is 0. The van der Waals surface area contributed by atoms with Crippen molar-refractivity contribution in [2.75, 3.05) is 6.54 Å². The van der Waals surface area contributed by atoms with E-state index in [9.17, 15) is 13.2 Å². The van der Waals surface area contributed by atoms with Gasteiger partial charge < -0.3 is 9.84 Å². The van der Waals surface area contributed by atoms with Crippen molar-refractivity contribution in [2.24, 2.45) is 0 Å². The minimum absolute atomic E-state index is 0.142. The number of carbonyl (C=O) groups excluding carboxylic acids is 1. The quantitative estimate of drug-likeness (QED) is 0.616. The Balaban J connectivity index is 4.04. The van der Waals surface area contributed by atoms with Crippen molar-refractivity contribution in [1.29, 1.82) is 0 Å². The van der Waals surface area contributed by atoms with Gasteiger partial charge in [0, 0.05) is 6.54 Å². The second-order valence-corrected chi connectivity index (χ2v) is 6.49. The molecule has 0 rings (SSSR count). The Bertz CT molecular complexity index is 359. The summed E-state index contributed by atoms with van der Waals surface area (Å²) in [5.41, 5.74) is -0.758. The van der Waals surface area contributed by atoms with Gasteiger partial charge in [-0.3, -0.25) is 0 Å². The highest BCUT2D eigenvalue weighted by molar-refractivity contribution is 7.88. The highest BCUT2D eigenvalue weighted by atomic mass is 32.2. The third kappa shape index (κ3) is 10.3. The fourth-order valence-corrected chi connectivity index (χ4v) is 1.80. The van der Waals surface area contributed by atoms with Gasteiger partial charge in [-0.1, -0.05) is 0 Å². The number of aliphatic hydroxyl groups excluding tert-OH is 1. The number of carbonyl (C=O) groups is 1. The summed E-state index contributed by atoms with van der Waals surface area (Å²) in [6, 6.07) is 0. The van der Waals surface area contributed by atoms with Crippen LogP contribution in [0.4, 0.5) is 4.79 Å². The number of nitrogens with one attached hydrogen (secondary N) is 2. The van der Waals surface area contributed by atoms with Gasteiger partial charge in [0.1, 0.15) is 5.60 Å². The van der Waals surface area contributed by atoms with Crippen LogP contribution in [0.3, 0.4) is 0 Å². The Morgan fingerprint density at radius 2 is 1.94 bits per heavy atom. The molecule has 0 aliphatic rings. The normalized spacial score (nSPS) is 14.1. The summed E-state index contributed by atoms with van der Waals surface area (Å²) < 4.78 is 31.5. The first-order chi connectivity index (χ1) is 8.02. The molecule has 0 aromatic carbocycles. The topological polar surface area (TPSA) is 105 Å². The van der Waals surface area contributed by atoms with E-state index in [0.717, 1.165) is 0 Å². The maximum atomic E-state index is 11.4. The first kappa shape index (κ1) is 17.1. The molecule has 8 heteroatoms. The molecule has 0 aliphatic heterocycles. The lowest BCUT2D eigenvalue weighted by Crippen LogP contribution is -2.43. The summed E-state index contributed by atoms with van der Waals surface area (Å²) in [5, 5.41) is 8.99. The van der Waals surface area contributed by atoms with Crippen LogP contribution in [-0.2, 0) is 14.9 Å². The highest BCUT2D eigenvalue weighted by Crippen LogP contribution is 2.06. The zero-order chi connectivity index (χ0) is 14.4. The number of amides is 1. The molecular formula is C10H22N2O5S. The van der Waals surface area contributed by atoms with Crippen LogP contribution in [-0.4, -0.2) is 37.9 Å². The second kappa shape index (κ2) is 6.91. The molecule has 0 saturated carbocycles. The SMILES string of the molecule is C[C@H](O)CCCNS(=O)(=O)NC(=O)OC(C)(C)C. The van der Waals surface area contributed by atoms with Crippen molar-refractivity contribution in [3.05, 3.63) is 0 Å². The van der Waals surface area contributed by atoms with Gasteiger partial charge in [-0.2, -0.15) is 13.1 Å². The third-order valence-electron chi connectivity index (χ3n) is 1.71. The average molecular weight is 282 g/mol. The van der Waals surface area contributed by atoms with Crippen LogP contribution in [0.2, 0.25) is 0 Å². The van der Waals surface area contributed by atoms with E-state index < -0.39 is 28.0 Å². The molecule has 3 N–H and O–H groups in total. The number of hydrogen-bond donors (Lipinski definition) is 3. The van der Waals surface area contributed by atoms with E-state index in [0.29, 0.717) is 12.8 Å². The summed E-state index contributed by atoms with van der Waals surface area (Å²) in [7, 11) is -3.91. The van der Waals surface area contributed by atoms with Crippen molar-refractivity contribution in [2.45, 2.75) is 52.2 Å². The summed E-state index contributed by atoms with van der Waals surface area (Å²) in [6.45, 7) is 6.66. The molecular weight excluding hydrogens is 260 g/mol. The molecule has 0 bridgehead atoms. The zero-order valence-corrected chi connectivity index (χ0v) is 12.0. The van der Waals surface area contributed by atoms with Crippen LogP contribution >= 0.6 is 0 Å². The Kier molecular flexibility index (Phi) is 6.58. The molecule has 0 saturated heterocycles. The van der Waals surface area contributed by atoms with Gasteiger partial charge in [-0.15, -0.1) is 0 Å². The van der Waals surface area contributed by atoms with Crippen molar-refractivity contribution in [1.82, 2.24) is 9.44 Å². The molecule has 0 unspecified atom stereocenters. The lowest BCUT2D eigenvalue weighted by Gasteiger charge is -2.19. The minimum Gasteiger partial charge on any atom is -0.443 e. The second-order valence-electron chi connectivity index (χ2n) is 4.99. The molecule has 0 fully saturated rings. The van der Waals surface area contributed by atoms with Crippen LogP contribution in [0.25, 0.3) is 0 Å². The van der Waals surface area contributed by atoms with E-state index in [1.165, 1.54) is 0 Å². The molecule has 1 atom stereocenters. The summed E-state index contributed by atoms with van der Waals surface area (Å²) in [6.07, 6.45) is -0.541.